The molecule has 0 aromatic rings. The third kappa shape index (κ3) is 1.95. The molecule has 4 rings (SSSR count). The van der Waals surface area contributed by atoms with Gasteiger partial charge in [0, 0.05) is 23.2 Å². The molecular weight excluding hydrogens is 302 g/mol. The molecule has 4 heteroatoms. The second-order valence-corrected chi connectivity index (χ2v) is 8.46. The normalized spacial score (nSPS) is 49.7. The van der Waals surface area contributed by atoms with Crippen molar-refractivity contribution in [1.29, 1.82) is 5.26 Å². The zero-order chi connectivity index (χ0) is 17.1. The van der Waals surface area contributed by atoms with Gasteiger partial charge in [0.2, 0.25) is 0 Å². The van der Waals surface area contributed by atoms with Crippen molar-refractivity contribution >= 4 is 5.78 Å². The molecule has 4 aliphatic rings. The molecule has 0 amide bonds. The van der Waals surface area contributed by atoms with Crippen LogP contribution in [-0.4, -0.2) is 28.2 Å². The third-order valence-electron chi connectivity index (χ3n) is 7.58. The van der Waals surface area contributed by atoms with E-state index in [1.807, 2.05) is 6.08 Å². The molecule has 128 valence electrons. The molecule has 0 aliphatic heterocycles. The van der Waals surface area contributed by atoms with Crippen LogP contribution < -0.4 is 0 Å². The van der Waals surface area contributed by atoms with E-state index in [0.29, 0.717) is 24.7 Å². The van der Waals surface area contributed by atoms with Gasteiger partial charge in [0.15, 0.2) is 5.78 Å². The van der Waals surface area contributed by atoms with E-state index in [1.165, 1.54) is 0 Å². The number of rotatable bonds is 1. The summed E-state index contributed by atoms with van der Waals surface area (Å²) < 4.78 is 0. The third-order valence-corrected chi connectivity index (χ3v) is 7.58. The van der Waals surface area contributed by atoms with E-state index < -0.39 is 17.6 Å². The summed E-state index contributed by atoms with van der Waals surface area (Å²) in [5.41, 5.74) is 0.422. The lowest BCUT2D eigenvalue weighted by Gasteiger charge is -2.58. The maximum absolute atomic E-state index is 11.8. The van der Waals surface area contributed by atoms with Gasteiger partial charge in [-0.15, -0.1) is 0 Å². The van der Waals surface area contributed by atoms with E-state index in [9.17, 15) is 20.3 Å². The molecule has 3 saturated carbocycles. The maximum atomic E-state index is 11.8. The number of carbonyl (C=O) groups excluding carboxylic acids is 1. The summed E-state index contributed by atoms with van der Waals surface area (Å²) in [6, 6.07) is 2.28. The van der Waals surface area contributed by atoms with Crippen LogP contribution >= 0.6 is 0 Å². The van der Waals surface area contributed by atoms with E-state index in [0.717, 1.165) is 31.3 Å². The predicted molar refractivity (Wildman–Crippen MR) is 88.6 cm³/mol. The summed E-state index contributed by atoms with van der Waals surface area (Å²) in [6.45, 7) is 2.14. The molecule has 0 aromatic heterocycles. The Morgan fingerprint density at radius 2 is 2.12 bits per heavy atom. The van der Waals surface area contributed by atoms with Crippen LogP contribution in [0.15, 0.2) is 23.8 Å². The highest BCUT2D eigenvalue weighted by molar-refractivity contribution is 6.01. The van der Waals surface area contributed by atoms with Crippen molar-refractivity contribution in [3.05, 3.63) is 23.8 Å². The first kappa shape index (κ1) is 16.1. The van der Waals surface area contributed by atoms with Gasteiger partial charge >= 0.3 is 0 Å². The van der Waals surface area contributed by atoms with E-state index in [4.69, 9.17) is 0 Å². The lowest BCUT2D eigenvalue weighted by Crippen LogP contribution is -2.57. The largest absolute Gasteiger partial charge is 0.393 e. The Hall–Kier alpha value is -1.44. The lowest BCUT2D eigenvalue weighted by atomic mass is 9.46. The molecule has 0 radical (unpaired) electrons. The fourth-order valence-corrected chi connectivity index (χ4v) is 6.56. The number of aliphatic hydroxyl groups excluding tert-OH is 2. The molecular formula is C20H25NO3. The van der Waals surface area contributed by atoms with Crippen LogP contribution in [0.3, 0.4) is 0 Å². The molecule has 3 fully saturated rings. The number of nitriles is 1. The van der Waals surface area contributed by atoms with Gasteiger partial charge < -0.3 is 10.2 Å². The fraction of sp³-hybridized carbons (Fsp3) is 0.700. The van der Waals surface area contributed by atoms with Crippen LogP contribution in [-0.2, 0) is 4.79 Å². The molecule has 0 heterocycles. The second-order valence-electron chi connectivity index (χ2n) is 8.46. The van der Waals surface area contributed by atoms with Crippen molar-refractivity contribution in [1.82, 2.24) is 0 Å². The average Bonchev–Trinajstić information content (AvgIpc) is 2.85. The summed E-state index contributed by atoms with van der Waals surface area (Å²) in [5, 5.41) is 31.0. The van der Waals surface area contributed by atoms with Crippen molar-refractivity contribution in [3.8, 4) is 6.07 Å². The SMILES string of the molecule is C[C@]12C=CC(=O)C=C1CC[C@@H]1[C@@H]2[C@@H](O)C[C@]2(CC#N)[C@H](O)CC[C@@H]12. The van der Waals surface area contributed by atoms with E-state index in [2.05, 4.69) is 13.0 Å². The van der Waals surface area contributed by atoms with Crippen LogP contribution in [0.25, 0.3) is 0 Å². The van der Waals surface area contributed by atoms with Crippen LogP contribution in [0, 0.1) is 39.9 Å². The van der Waals surface area contributed by atoms with Crippen molar-refractivity contribution in [2.24, 2.45) is 28.6 Å². The standard InChI is InChI=1S/C20H25NO3/c1-19-7-6-13(22)10-12(19)2-3-14-15-4-5-17(24)20(15,8-9-21)11-16(23)18(14)19/h6-7,10,14-18,23-24H,2-5,8,11H2,1H3/t14-,15-,16-,17+,18+,19-,20-/m0/s1. The van der Waals surface area contributed by atoms with Crippen LogP contribution in [0.4, 0.5) is 0 Å². The maximum Gasteiger partial charge on any atom is 0.178 e. The number of carbonyl (C=O) groups is 1. The molecule has 0 saturated heterocycles. The molecule has 2 N–H and O–H groups in total. The van der Waals surface area contributed by atoms with Crippen molar-refractivity contribution in [2.45, 2.75) is 57.7 Å². The molecule has 4 aliphatic carbocycles. The molecule has 4 nitrogen and oxygen atoms in total. The molecule has 0 bridgehead atoms. The first-order valence-electron chi connectivity index (χ1n) is 9.10. The number of hydrogen-bond donors (Lipinski definition) is 2. The Morgan fingerprint density at radius 1 is 1.33 bits per heavy atom. The Kier molecular flexibility index (Phi) is 3.53. The van der Waals surface area contributed by atoms with Gasteiger partial charge in [-0.25, -0.2) is 0 Å². The fourth-order valence-electron chi connectivity index (χ4n) is 6.56. The zero-order valence-corrected chi connectivity index (χ0v) is 14.1. The first-order valence-corrected chi connectivity index (χ1v) is 9.10. The highest BCUT2D eigenvalue weighted by atomic mass is 16.3. The van der Waals surface area contributed by atoms with Gasteiger partial charge in [-0.3, -0.25) is 4.79 Å². The average molecular weight is 327 g/mol. The van der Waals surface area contributed by atoms with Crippen LogP contribution in [0.5, 0.6) is 0 Å². The molecule has 0 unspecified atom stereocenters. The summed E-state index contributed by atoms with van der Waals surface area (Å²) >= 11 is 0. The minimum absolute atomic E-state index is 0.0429. The number of fused-ring (bicyclic) bond motifs is 5. The van der Waals surface area contributed by atoms with Gasteiger partial charge in [0.25, 0.3) is 0 Å². The first-order chi connectivity index (χ1) is 11.4. The molecule has 0 aromatic carbocycles. The van der Waals surface area contributed by atoms with Crippen LogP contribution in [0.2, 0.25) is 0 Å². The smallest absolute Gasteiger partial charge is 0.178 e. The zero-order valence-electron chi connectivity index (χ0n) is 14.1. The molecule has 7 atom stereocenters. The quantitative estimate of drug-likeness (QED) is 0.775. The number of hydrogen-bond acceptors (Lipinski definition) is 4. The van der Waals surface area contributed by atoms with Crippen molar-refractivity contribution in [2.75, 3.05) is 0 Å². The predicted octanol–water partition coefficient (Wildman–Crippen LogP) is 2.52. The minimum Gasteiger partial charge on any atom is -0.393 e. The second kappa shape index (κ2) is 5.28. The highest BCUT2D eigenvalue weighted by Crippen LogP contribution is 2.65. The number of ketones is 1. The van der Waals surface area contributed by atoms with Gasteiger partial charge in [-0.05, 0) is 56.1 Å². The number of aliphatic hydroxyl groups is 2. The lowest BCUT2D eigenvalue weighted by molar-refractivity contribution is -0.134. The number of nitrogens with zero attached hydrogens (tertiary/aromatic N) is 1. The van der Waals surface area contributed by atoms with Gasteiger partial charge in [-0.1, -0.05) is 18.6 Å². The Morgan fingerprint density at radius 3 is 2.88 bits per heavy atom. The molecule has 24 heavy (non-hydrogen) atoms. The topological polar surface area (TPSA) is 81.3 Å². The Labute approximate surface area is 142 Å². The summed E-state index contributed by atoms with van der Waals surface area (Å²) in [6.07, 6.45) is 8.67. The van der Waals surface area contributed by atoms with Crippen LogP contribution in [0.1, 0.15) is 45.4 Å². The van der Waals surface area contributed by atoms with Gasteiger partial charge in [0.1, 0.15) is 0 Å². The van der Waals surface area contributed by atoms with Crippen molar-refractivity contribution < 1.29 is 15.0 Å². The Balaban J connectivity index is 1.76. The number of allylic oxidation sites excluding steroid dienone is 4. The summed E-state index contributed by atoms with van der Waals surface area (Å²) in [7, 11) is 0. The van der Waals surface area contributed by atoms with Gasteiger partial charge in [0.05, 0.1) is 18.3 Å². The monoisotopic (exact) mass is 327 g/mol. The van der Waals surface area contributed by atoms with E-state index in [1.54, 1.807) is 12.2 Å². The summed E-state index contributed by atoms with van der Waals surface area (Å²) in [5.74, 6) is 0.717. The van der Waals surface area contributed by atoms with E-state index >= 15 is 0 Å². The molecule has 0 spiro atoms. The highest BCUT2D eigenvalue weighted by Gasteiger charge is 2.63. The van der Waals surface area contributed by atoms with Gasteiger partial charge in [-0.2, -0.15) is 5.26 Å². The summed E-state index contributed by atoms with van der Waals surface area (Å²) in [4.78, 5) is 11.8. The minimum atomic E-state index is -0.543. The van der Waals surface area contributed by atoms with E-state index in [-0.39, 0.29) is 17.1 Å². The van der Waals surface area contributed by atoms with Crippen molar-refractivity contribution in [3.63, 3.8) is 0 Å². The Bertz CT molecular complexity index is 675.